The minimum Gasteiger partial charge on any atom is -0.253 e. The van der Waals surface area contributed by atoms with E-state index in [0.29, 0.717) is 6.42 Å². The first kappa shape index (κ1) is 14.5. The van der Waals surface area contributed by atoms with Gasteiger partial charge in [-0.1, -0.05) is 57.9 Å². The molecule has 0 aliphatic rings. The normalized spacial score (nSPS) is 12.5. The average Bonchev–Trinajstić information content (AvgIpc) is 2.50. The molecule has 1 unspecified atom stereocenters. The van der Waals surface area contributed by atoms with Crippen molar-refractivity contribution in [3.05, 3.63) is 76.7 Å². The van der Waals surface area contributed by atoms with Gasteiger partial charge in [0.25, 0.3) is 0 Å². The monoisotopic (exact) mass is 363 g/mol. The molecule has 0 saturated carbocycles. The Morgan fingerprint density at radius 2 is 1.90 bits per heavy atom. The molecule has 1 nitrogen and oxygen atoms in total. The van der Waals surface area contributed by atoms with Crippen molar-refractivity contribution in [2.24, 2.45) is 0 Å². The molecular formula is C17H12BrClFN. The Morgan fingerprint density at radius 3 is 2.71 bits per heavy atom. The Balaban J connectivity index is 1.85. The van der Waals surface area contributed by atoms with Crippen molar-refractivity contribution in [3.8, 4) is 0 Å². The van der Waals surface area contributed by atoms with Crippen molar-refractivity contribution in [2.75, 3.05) is 0 Å². The lowest BCUT2D eigenvalue weighted by Gasteiger charge is -2.11. The quantitative estimate of drug-likeness (QED) is 0.543. The Bertz CT molecular complexity index is 791. The second-order valence-corrected chi connectivity index (χ2v) is 6.35. The summed E-state index contributed by atoms with van der Waals surface area (Å²) < 4.78 is 13.5. The number of hydrogen-bond donors (Lipinski definition) is 0. The van der Waals surface area contributed by atoms with Gasteiger partial charge in [0.15, 0.2) is 0 Å². The third-order valence-electron chi connectivity index (χ3n) is 3.35. The van der Waals surface area contributed by atoms with Crippen molar-refractivity contribution in [2.45, 2.75) is 11.2 Å². The first-order chi connectivity index (χ1) is 10.1. The van der Waals surface area contributed by atoms with Crippen LogP contribution in [0.25, 0.3) is 10.9 Å². The number of halogens is 3. The van der Waals surface area contributed by atoms with Gasteiger partial charge in [-0.2, -0.15) is 0 Å². The molecule has 0 aliphatic carbocycles. The fraction of sp³-hybridized carbons (Fsp3) is 0.118. The van der Waals surface area contributed by atoms with E-state index in [0.717, 1.165) is 22.2 Å². The van der Waals surface area contributed by atoms with Crippen LogP contribution in [0.15, 0.2) is 54.6 Å². The average molecular weight is 365 g/mol. The van der Waals surface area contributed by atoms with E-state index >= 15 is 0 Å². The Hall–Kier alpha value is -1.45. The third kappa shape index (κ3) is 3.25. The zero-order chi connectivity index (χ0) is 14.8. The van der Waals surface area contributed by atoms with Gasteiger partial charge in [-0.05, 0) is 29.8 Å². The molecule has 106 valence electrons. The smallest absolute Gasteiger partial charge is 0.142 e. The van der Waals surface area contributed by atoms with Crippen LogP contribution in [-0.2, 0) is 6.42 Å². The number of pyridine rings is 1. The van der Waals surface area contributed by atoms with Crippen molar-refractivity contribution < 1.29 is 4.39 Å². The molecule has 2 aromatic carbocycles. The summed E-state index contributed by atoms with van der Waals surface area (Å²) in [5.41, 5.74) is 2.79. The van der Waals surface area contributed by atoms with Crippen LogP contribution in [0.3, 0.4) is 0 Å². The molecule has 0 amide bonds. The molecule has 0 fully saturated rings. The van der Waals surface area contributed by atoms with Crippen LogP contribution < -0.4 is 0 Å². The van der Waals surface area contributed by atoms with E-state index < -0.39 is 5.82 Å². The van der Waals surface area contributed by atoms with Gasteiger partial charge in [0, 0.05) is 22.3 Å². The fourth-order valence-corrected chi connectivity index (χ4v) is 2.96. The van der Waals surface area contributed by atoms with Gasteiger partial charge in [-0.15, -0.1) is 0 Å². The lowest BCUT2D eigenvalue weighted by atomic mass is 10.1. The van der Waals surface area contributed by atoms with Gasteiger partial charge in [-0.3, -0.25) is 4.98 Å². The van der Waals surface area contributed by atoms with E-state index in [1.165, 1.54) is 6.07 Å². The highest BCUT2D eigenvalue weighted by Gasteiger charge is 2.12. The van der Waals surface area contributed by atoms with Crippen LogP contribution in [0.1, 0.15) is 16.1 Å². The molecular weight excluding hydrogens is 353 g/mol. The maximum Gasteiger partial charge on any atom is 0.142 e. The second-order valence-electron chi connectivity index (χ2n) is 4.84. The summed E-state index contributed by atoms with van der Waals surface area (Å²) in [5, 5.41) is 1.26. The number of benzene rings is 2. The Labute approximate surface area is 135 Å². The van der Waals surface area contributed by atoms with Crippen molar-refractivity contribution in [1.82, 2.24) is 4.98 Å². The standard InChI is InChI=1S/C17H12BrClFN/c18-14(12-6-8-15(19)16(20)9-12)10-13-7-5-11-3-1-2-4-17(11)21-13/h1-9,14H,10H2. The van der Waals surface area contributed by atoms with E-state index in [1.54, 1.807) is 6.07 Å². The highest BCUT2D eigenvalue weighted by Crippen LogP contribution is 2.29. The Kier molecular flexibility index (Phi) is 4.22. The number of fused-ring (bicyclic) bond motifs is 1. The highest BCUT2D eigenvalue weighted by molar-refractivity contribution is 9.09. The maximum atomic E-state index is 13.5. The maximum absolute atomic E-state index is 13.5. The van der Waals surface area contributed by atoms with Crippen LogP contribution in [0.4, 0.5) is 4.39 Å². The van der Waals surface area contributed by atoms with Gasteiger partial charge in [0.1, 0.15) is 5.82 Å². The molecule has 0 spiro atoms. The summed E-state index contributed by atoms with van der Waals surface area (Å²) in [5.74, 6) is -0.398. The number of rotatable bonds is 3. The van der Waals surface area contributed by atoms with Gasteiger partial charge in [-0.25, -0.2) is 4.39 Å². The Morgan fingerprint density at radius 1 is 1.10 bits per heavy atom. The van der Waals surface area contributed by atoms with Crippen LogP contribution in [0, 0.1) is 5.82 Å². The highest BCUT2D eigenvalue weighted by atomic mass is 79.9. The SMILES string of the molecule is Fc1cc(C(Br)Cc2ccc3ccccc3n2)ccc1Cl. The fourth-order valence-electron chi connectivity index (χ4n) is 2.23. The molecule has 1 atom stereocenters. The third-order valence-corrected chi connectivity index (χ3v) is 4.51. The summed E-state index contributed by atoms with van der Waals surface area (Å²) in [6, 6.07) is 16.9. The molecule has 3 rings (SSSR count). The van der Waals surface area contributed by atoms with E-state index in [-0.39, 0.29) is 9.85 Å². The zero-order valence-corrected chi connectivity index (χ0v) is 13.4. The second kappa shape index (κ2) is 6.12. The first-order valence-electron chi connectivity index (χ1n) is 6.57. The lowest BCUT2D eigenvalue weighted by molar-refractivity contribution is 0.625. The van der Waals surface area contributed by atoms with Crippen molar-refractivity contribution in [3.63, 3.8) is 0 Å². The summed E-state index contributed by atoms with van der Waals surface area (Å²) in [6.45, 7) is 0. The summed E-state index contributed by atoms with van der Waals surface area (Å²) in [4.78, 5) is 4.63. The number of alkyl halides is 1. The van der Waals surface area contributed by atoms with Gasteiger partial charge in [0.05, 0.1) is 10.5 Å². The van der Waals surface area contributed by atoms with Gasteiger partial charge >= 0.3 is 0 Å². The van der Waals surface area contributed by atoms with E-state index in [9.17, 15) is 4.39 Å². The molecule has 1 heterocycles. The van der Waals surface area contributed by atoms with Crippen LogP contribution in [0.2, 0.25) is 5.02 Å². The molecule has 21 heavy (non-hydrogen) atoms. The molecule has 0 N–H and O–H groups in total. The number of para-hydroxylation sites is 1. The van der Waals surface area contributed by atoms with Crippen molar-refractivity contribution in [1.29, 1.82) is 0 Å². The zero-order valence-electron chi connectivity index (χ0n) is 11.1. The van der Waals surface area contributed by atoms with Crippen LogP contribution in [-0.4, -0.2) is 4.98 Å². The number of nitrogens with zero attached hydrogens (tertiary/aromatic N) is 1. The summed E-state index contributed by atoms with van der Waals surface area (Å²) >= 11 is 9.30. The summed E-state index contributed by atoms with van der Waals surface area (Å²) in [6.07, 6.45) is 0.686. The molecule has 0 aliphatic heterocycles. The predicted octanol–water partition coefficient (Wildman–Crippen LogP) is 5.71. The predicted molar refractivity (Wildman–Crippen MR) is 88.5 cm³/mol. The number of hydrogen-bond acceptors (Lipinski definition) is 1. The molecule has 4 heteroatoms. The summed E-state index contributed by atoms with van der Waals surface area (Å²) in [7, 11) is 0. The van der Waals surface area contributed by atoms with Crippen LogP contribution in [0.5, 0.6) is 0 Å². The minimum absolute atomic E-state index is 0.00192. The van der Waals surface area contributed by atoms with E-state index in [1.807, 2.05) is 36.4 Å². The van der Waals surface area contributed by atoms with E-state index in [2.05, 4.69) is 27.0 Å². The van der Waals surface area contributed by atoms with Gasteiger partial charge < -0.3 is 0 Å². The molecule has 0 bridgehead atoms. The molecule has 1 aromatic heterocycles. The molecule has 0 saturated heterocycles. The largest absolute Gasteiger partial charge is 0.253 e. The first-order valence-corrected chi connectivity index (χ1v) is 7.86. The topological polar surface area (TPSA) is 12.9 Å². The van der Waals surface area contributed by atoms with Crippen LogP contribution >= 0.6 is 27.5 Å². The molecule has 0 radical (unpaired) electrons. The number of aromatic nitrogens is 1. The van der Waals surface area contributed by atoms with Crippen molar-refractivity contribution >= 4 is 38.4 Å². The lowest BCUT2D eigenvalue weighted by Crippen LogP contribution is -1.99. The minimum atomic E-state index is -0.398. The molecule has 3 aromatic rings. The van der Waals surface area contributed by atoms with Gasteiger partial charge in [0.2, 0.25) is 0 Å². The van der Waals surface area contributed by atoms with E-state index in [4.69, 9.17) is 11.6 Å².